The topological polar surface area (TPSA) is 53.7 Å². The molecule has 0 radical (unpaired) electrons. The molecule has 0 aliphatic carbocycles. The van der Waals surface area contributed by atoms with Crippen molar-refractivity contribution in [3.8, 4) is 11.5 Å². The van der Waals surface area contributed by atoms with E-state index < -0.39 is 0 Å². The van der Waals surface area contributed by atoms with E-state index >= 15 is 0 Å². The van der Waals surface area contributed by atoms with Crippen LogP contribution in [-0.4, -0.2) is 26.9 Å². The number of hydrogen-bond acceptors (Lipinski definition) is 4. The second-order valence-electron chi connectivity index (χ2n) is 5.00. The number of hydrogen-bond donors (Lipinski definition) is 1. The van der Waals surface area contributed by atoms with Gasteiger partial charge in [-0.25, -0.2) is 0 Å². The van der Waals surface area contributed by atoms with Crippen molar-refractivity contribution in [2.75, 3.05) is 20.8 Å². The summed E-state index contributed by atoms with van der Waals surface area (Å²) in [7, 11) is 3.18. The first-order valence-corrected chi connectivity index (χ1v) is 7.29. The zero-order valence-electron chi connectivity index (χ0n) is 12.2. The zero-order chi connectivity index (χ0) is 14.7. The maximum atomic E-state index is 6.44. The van der Waals surface area contributed by atoms with Crippen LogP contribution in [0.25, 0.3) is 0 Å². The molecule has 0 amide bonds. The van der Waals surface area contributed by atoms with Gasteiger partial charge in [0.15, 0.2) is 0 Å². The fraction of sp³-hybridized carbons (Fsp3) is 0.600. The molecule has 0 aromatic heterocycles. The van der Waals surface area contributed by atoms with Crippen LogP contribution in [0.1, 0.15) is 31.4 Å². The average Bonchev–Trinajstić information content (AvgIpc) is 2.94. The number of ether oxygens (including phenoxy) is 3. The predicted molar refractivity (Wildman–Crippen MR) is 79.6 cm³/mol. The van der Waals surface area contributed by atoms with Crippen LogP contribution in [0.15, 0.2) is 12.1 Å². The summed E-state index contributed by atoms with van der Waals surface area (Å²) < 4.78 is 16.4. The quantitative estimate of drug-likeness (QED) is 0.907. The molecule has 3 atom stereocenters. The van der Waals surface area contributed by atoms with Crippen LogP contribution in [0.5, 0.6) is 11.5 Å². The summed E-state index contributed by atoms with van der Waals surface area (Å²) in [6.07, 6.45) is 2.13. The molecule has 1 heterocycles. The minimum absolute atomic E-state index is 0.152. The van der Waals surface area contributed by atoms with E-state index in [9.17, 15) is 0 Å². The molecule has 0 saturated carbocycles. The van der Waals surface area contributed by atoms with Crippen molar-refractivity contribution in [2.24, 2.45) is 11.7 Å². The Morgan fingerprint density at radius 3 is 2.75 bits per heavy atom. The van der Waals surface area contributed by atoms with Crippen LogP contribution in [-0.2, 0) is 4.74 Å². The highest BCUT2D eigenvalue weighted by Gasteiger charge is 2.34. The van der Waals surface area contributed by atoms with Crippen molar-refractivity contribution in [3.63, 3.8) is 0 Å². The number of methoxy groups -OCH3 is 2. The Balaban J connectivity index is 2.34. The second-order valence-corrected chi connectivity index (χ2v) is 5.38. The van der Waals surface area contributed by atoms with Crippen molar-refractivity contribution < 1.29 is 14.2 Å². The molecule has 1 aromatic rings. The lowest BCUT2D eigenvalue weighted by Gasteiger charge is -2.26. The molecule has 1 saturated heterocycles. The van der Waals surface area contributed by atoms with E-state index in [-0.39, 0.29) is 12.1 Å². The van der Waals surface area contributed by atoms with Gasteiger partial charge in [-0.3, -0.25) is 0 Å². The lowest BCUT2D eigenvalue weighted by atomic mass is 9.87. The van der Waals surface area contributed by atoms with Crippen molar-refractivity contribution in [1.29, 1.82) is 0 Å². The Kier molecular flexibility index (Phi) is 5.13. The molecule has 1 aliphatic rings. The summed E-state index contributed by atoms with van der Waals surface area (Å²) in [6.45, 7) is 2.89. The van der Waals surface area contributed by atoms with Gasteiger partial charge in [0.2, 0.25) is 0 Å². The van der Waals surface area contributed by atoms with Gasteiger partial charge in [-0.15, -0.1) is 0 Å². The standard InChI is InChI=1S/C15H22ClNO3/c1-4-11-9(7-8-20-11)14(17)10-5-6-12(18-2)13(16)15(10)19-3/h5-6,9,11,14H,4,7-8,17H2,1-3H3. The smallest absolute Gasteiger partial charge is 0.146 e. The lowest BCUT2D eigenvalue weighted by molar-refractivity contribution is 0.0811. The van der Waals surface area contributed by atoms with Crippen LogP contribution >= 0.6 is 11.6 Å². The van der Waals surface area contributed by atoms with Crippen LogP contribution in [0, 0.1) is 5.92 Å². The van der Waals surface area contributed by atoms with Gasteiger partial charge in [0.05, 0.1) is 20.3 Å². The van der Waals surface area contributed by atoms with Gasteiger partial charge >= 0.3 is 0 Å². The van der Waals surface area contributed by atoms with E-state index in [0.29, 0.717) is 22.4 Å². The summed E-state index contributed by atoms with van der Waals surface area (Å²) in [5.74, 6) is 1.48. The number of nitrogens with two attached hydrogens (primary N) is 1. The molecule has 0 spiro atoms. The Morgan fingerprint density at radius 1 is 1.40 bits per heavy atom. The summed E-state index contributed by atoms with van der Waals surface area (Å²) in [5, 5.41) is 0.468. The SMILES string of the molecule is CCC1OCCC1C(N)c1ccc(OC)c(Cl)c1OC. The molecule has 2 rings (SSSR count). The van der Waals surface area contributed by atoms with E-state index in [2.05, 4.69) is 6.92 Å². The fourth-order valence-electron chi connectivity index (χ4n) is 2.91. The van der Waals surface area contributed by atoms with Gasteiger partial charge in [-0.2, -0.15) is 0 Å². The van der Waals surface area contributed by atoms with Crippen molar-refractivity contribution in [1.82, 2.24) is 0 Å². The predicted octanol–water partition coefficient (Wildman–Crippen LogP) is 3.17. The minimum Gasteiger partial charge on any atom is -0.495 e. The van der Waals surface area contributed by atoms with E-state index in [4.69, 9.17) is 31.5 Å². The van der Waals surface area contributed by atoms with Gasteiger partial charge in [0, 0.05) is 24.1 Å². The molecule has 5 heteroatoms. The van der Waals surface area contributed by atoms with E-state index in [1.807, 2.05) is 12.1 Å². The molecular weight excluding hydrogens is 278 g/mol. The number of benzene rings is 1. The Bertz CT molecular complexity index is 467. The third-order valence-corrected chi connectivity index (χ3v) is 4.36. The molecule has 0 bridgehead atoms. The van der Waals surface area contributed by atoms with Gasteiger partial charge in [0.1, 0.15) is 16.5 Å². The monoisotopic (exact) mass is 299 g/mol. The Hall–Kier alpha value is -0.970. The Labute approximate surface area is 125 Å². The summed E-state index contributed by atoms with van der Waals surface area (Å²) in [4.78, 5) is 0. The molecule has 1 aliphatic heterocycles. The maximum Gasteiger partial charge on any atom is 0.146 e. The normalized spacial score (nSPS) is 23.6. The number of halogens is 1. The van der Waals surface area contributed by atoms with Crippen molar-refractivity contribution in [2.45, 2.75) is 31.9 Å². The van der Waals surface area contributed by atoms with Crippen LogP contribution in [0.2, 0.25) is 5.02 Å². The van der Waals surface area contributed by atoms with Crippen LogP contribution < -0.4 is 15.2 Å². The van der Waals surface area contributed by atoms with Gasteiger partial charge < -0.3 is 19.9 Å². The second kappa shape index (κ2) is 6.66. The van der Waals surface area contributed by atoms with E-state index in [0.717, 1.165) is 25.0 Å². The molecule has 3 unspecified atom stereocenters. The van der Waals surface area contributed by atoms with Crippen molar-refractivity contribution >= 4 is 11.6 Å². The summed E-state index contributed by atoms with van der Waals surface area (Å²) in [5.41, 5.74) is 7.35. The molecular formula is C15H22ClNO3. The molecule has 20 heavy (non-hydrogen) atoms. The van der Waals surface area contributed by atoms with Gasteiger partial charge in [-0.05, 0) is 25.0 Å². The molecule has 2 N–H and O–H groups in total. The van der Waals surface area contributed by atoms with Crippen molar-refractivity contribution in [3.05, 3.63) is 22.7 Å². The first kappa shape index (κ1) is 15.4. The minimum atomic E-state index is -0.152. The van der Waals surface area contributed by atoms with Gasteiger partial charge in [0.25, 0.3) is 0 Å². The average molecular weight is 300 g/mol. The summed E-state index contributed by atoms with van der Waals surface area (Å²) >= 11 is 6.30. The zero-order valence-corrected chi connectivity index (χ0v) is 12.9. The highest BCUT2D eigenvalue weighted by Crippen LogP contribution is 2.43. The van der Waals surface area contributed by atoms with E-state index in [1.54, 1.807) is 14.2 Å². The highest BCUT2D eigenvalue weighted by atomic mass is 35.5. The maximum absolute atomic E-state index is 6.44. The lowest BCUT2D eigenvalue weighted by Crippen LogP contribution is -2.28. The molecule has 1 fully saturated rings. The van der Waals surface area contributed by atoms with E-state index in [1.165, 1.54) is 0 Å². The third kappa shape index (κ3) is 2.73. The van der Waals surface area contributed by atoms with Crippen LogP contribution in [0.3, 0.4) is 0 Å². The first-order valence-electron chi connectivity index (χ1n) is 6.91. The fourth-order valence-corrected chi connectivity index (χ4v) is 3.23. The third-order valence-electron chi connectivity index (χ3n) is 4.00. The van der Waals surface area contributed by atoms with Gasteiger partial charge in [-0.1, -0.05) is 18.5 Å². The number of rotatable bonds is 5. The largest absolute Gasteiger partial charge is 0.495 e. The molecule has 4 nitrogen and oxygen atoms in total. The first-order chi connectivity index (χ1) is 9.63. The van der Waals surface area contributed by atoms with Crippen LogP contribution in [0.4, 0.5) is 0 Å². The summed E-state index contributed by atoms with van der Waals surface area (Å²) in [6, 6.07) is 3.61. The molecule has 1 aromatic carbocycles. The molecule has 112 valence electrons. The Morgan fingerprint density at radius 2 is 2.15 bits per heavy atom. The highest BCUT2D eigenvalue weighted by molar-refractivity contribution is 6.33.